The molecule has 0 saturated carbocycles. The van der Waals surface area contributed by atoms with Crippen LogP contribution in [0.1, 0.15) is 24.4 Å². The number of hydrogen-bond acceptors (Lipinski definition) is 7. The maximum atomic E-state index is 13.7. The van der Waals surface area contributed by atoms with Crippen molar-refractivity contribution in [2.24, 2.45) is 0 Å². The summed E-state index contributed by atoms with van der Waals surface area (Å²) in [6.45, 7) is 2.96. The van der Waals surface area contributed by atoms with Gasteiger partial charge in [0.25, 0.3) is 5.89 Å². The molecule has 4 rings (SSSR count). The Morgan fingerprint density at radius 2 is 1.91 bits per heavy atom. The van der Waals surface area contributed by atoms with E-state index >= 15 is 0 Å². The molecule has 34 heavy (non-hydrogen) atoms. The first-order valence-corrected chi connectivity index (χ1v) is 11.0. The van der Waals surface area contributed by atoms with Crippen LogP contribution in [0, 0.1) is 5.82 Å². The fourth-order valence-corrected chi connectivity index (χ4v) is 4.22. The van der Waals surface area contributed by atoms with Gasteiger partial charge in [-0.15, -0.1) is 0 Å². The van der Waals surface area contributed by atoms with E-state index < -0.39 is 6.04 Å². The van der Waals surface area contributed by atoms with Crippen LogP contribution in [0.15, 0.2) is 52.7 Å². The van der Waals surface area contributed by atoms with E-state index in [0.717, 1.165) is 16.8 Å². The first kappa shape index (κ1) is 23.7. The lowest BCUT2D eigenvalue weighted by Crippen LogP contribution is -2.47. The van der Waals surface area contributed by atoms with Gasteiger partial charge in [0.2, 0.25) is 5.82 Å². The molecule has 1 unspecified atom stereocenters. The van der Waals surface area contributed by atoms with Crippen molar-refractivity contribution >= 4 is 22.9 Å². The normalized spacial score (nSPS) is 16.0. The summed E-state index contributed by atoms with van der Waals surface area (Å²) in [4.78, 5) is 6.52. The lowest BCUT2D eigenvalue weighted by molar-refractivity contribution is 0.183. The minimum absolute atomic E-state index is 0.289. The lowest BCUT2D eigenvalue weighted by Gasteiger charge is -2.37. The van der Waals surface area contributed by atoms with Crippen molar-refractivity contribution in [1.29, 1.82) is 0 Å². The van der Waals surface area contributed by atoms with E-state index in [-0.39, 0.29) is 11.6 Å². The van der Waals surface area contributed by atoms with E-state index in [0.29, 0.717) is 41.2 Å². The molecule has 0 spiro atoms. The average molecular weight is 485 g/mol. The van der Waals surface area contributed by atoms with E-state index in [1.807, 2.05) is 30.0 Å². The number of benzene rings is 2. The molecule has 0 saturated heterocycles. The van der Waals surface area contributed by atoms with Crippen molar-refractivity contribution in [1.82, 2.24) is 20.4 Å². The SMILES string of the molecule is COCCN1C(=S)NC(c2ccc(OC)c(OC)c2)C(c2nc(-c3cccc(F)c3)no2)=C1C. The number of thiocarbonyl (C=S) groups is 1. The molecule has 10 heteroatoms. The number of nitrogens with one attached hydrogen (secondary N) is 1. The number of hydrogen-bond donors (Lipinski definition) is 1. The molecule has 1 N–H and O–H groups in total. The zero-order valence-electron chi connectivity index (χ0n) is 19.3. The summed E-state index contributed by atoms with van der Waals surface area (Å²) in [5.74, 6) is 1.40. The van der Waals surface area contributed by atoms with Gasteiger partial charge in [0.1, 0.15) is 5.82 Å². The molecular formula is C24H25FN4O4S. The Kier molecular flexibility index (Phi) is 7.09. The second-order valence-corrected chi connectivity index (χ2v) is 7.96. The smallest absolute Gasteiger partial charge is 0.258 e. The highest BCUT2D eigenvalue weighted by Gasteiger charge is 2.34. The van der Waals surface area contributed by atoms with Crippen LogP contribution in [0.4, 0.5) is 4.39 Å². The van der Waals surface area contributed by atoms with Crippen LogP contribution in [0.25, 0.3) is 17.0 Å². The lowest BCUT2D eigenvalue weighted by atomic mass is 9.94. The molecular weight excluding hydrogens is 459 g/mol. The molecule has 1 aliphatic rings. The predicted octanol–water partition coefficient (Wildman–Crippen LogP) is 4.20. The summed E-state index contributed by atoms with van der Waals surface area (Å²) >= 11 is 5.66. The van der Waals surface area contributed by atoms with Crippen LogP contribution >= 0.6 is 12.2 Å². The Bertz CT molecular complexity index is 1230. The first-order chi connectivity index (χ1) is 16.5. The second-order valence-electron chi connectivity index (χ2n) is 7.57. The largest absolute Gasteiger partial charge is 0.493 e. The number of nitrogens with zero attached hydrogens (tertiary/aromatic N) is 3. The fourth-order valence-electron chi connectivity index (χ4n) is 3.87. The van der Waals surface area contributed by atoms with E-state index in [2.05, 4.69) is 15.5 Å². The Labute approximate surface area is 202 Å². The molecule has 8 nitrogen and oxygen atoms in total. The van der Waals surface area contributed by atoms with Gasteiger partial charge in [-0.05, 0) is 49.0 Å². The number of methoxy groups -OCH3 is 3. The molecule has 1 aliphatic heterocycles. The number of halogens is 1. The van der Waals surface area contributed by atoms with Gasteiger partial charge in [0.05, 0.1) is 32.4 Å². The Morgan fingerprint density at radius 3 is 2.62 bits per heavy atom. The molecule has 0 fully saturated rings. The van der Waals surface area contributed by atoms with Crippen LogP contribution in [-0.4, -0.2) is 54.6 Å². The average Bonchev–Trinajstić information content (AvgIpc) is 3.33. The first-order valence-electron chi connectivity index (χ1n) is 10.6. The van der Waals surface area contributed by atoms with Gasteiger partial charge in [-0.25, -0.2) is 4.39 Å². The monoisotopic (exact) mass is 484 g/mol. The molecule has 178 valence electrons. The van der Waals surface area contributed by atoms with Crippen LogP contribution in [0.5, 0.6) is 11.5 Å². The van der Waals surface area contributed by atoms with Crippen molar-refractivity contribution in [3.8, 4) is 22.9 Å². The van der Waals surface area contributed by atoms with E-state index in [4.69, 9.17) is 31.0 Å². The van der Waals surface area contributed by atoms with Gasteiger partial charge in [-0.1, -0.05) is 23.4 Å². The highest BCUT2D eigenvalue weighted by atomic mass is 32.1. The van der Waals surface area contributed by atoms with Gasteiger partial charge in [0, 0.05) is 24.9 Å². The van der Waals surface area contributed by atoms with Gasteiger partial charge < -0.3 is 29.0 Å². The molecule has 0 aliphatic carbocycles. The van der Waals surface area contributed by atoms with Gasteiger partial charge >= 0.3 is 0 Å². The van der Waals surface area contributed by atoms with Crippen molar-refractivity contribution in [3.05, 3.63) is 65.4 Å². The van der Waals surface area contributed by atoms with Crippen molar-refractivity contribution in [3.63, 3.8) is 0 Å². The van der Waals surface area contributed by atoms with E-state index in [1.165, 1.54) is 12.1 Å². The highest BCUT2D eigenvalue weighted by Crippen LogP contribution is 2.40. The van der Waals surface area contributed by atoms with E-state index in [1.54, 1.807) is 33.5 Å². The van der Waals surface area contributed by atoms with Crippen LogP contribution in [-0.2, 0) is 4.74 Å². The van der Waals surface area contributed by atoms with Crippen molar-refractivity contribution < 1.29 is 23.1 Å². The number of ether oxygens (including phenoxy) is 3. The molecule has 0 amide bonds. The standard InChI is InChI=1S/C24H25FN4O4S/c1-14-20(23-27-22(28-33-23)16-6-5-7-17(25)12-16)21(26-24(34)29(14)10-11-30-2)15-8-9-18(31-3)19(13-15)32-4/h5-9,12-13,21H,10-11H2,1-4H3,(H,26,34). The molecule has 2 heterocycles. The number of aromatic nitrogens is 2. The van der Waals surface area contributed by atoms with Crippen LogP contribution in [0.3, 0.4) is 0 Å². The minimum Gasteiger partial charge on any atom is -0.493 e. The maximum absolute atomic E-state index is 13.7. The summed E-state index contributed by atoms with van der Waals surface area (Å²) in [6, 6.07) is 11.3. The summed E-state index contributed by atoms with van der Waals surface area (Å²) < 4.78 is 35.5. The maximum Gasteiger partial charge on any atom is 0.258 e. The molecule has 0 bridgehead atoms. The summed E-state index contributed by atoms with van der Waals surface area (Å²) in [5.41, 5.74) is 2.97. The Morgan fingerprint density at radius 1 is 1.12 bits per heavy atom. The Balaban J connectivity index is 1.82. The topological polar surface area (TPSA) is 81.9 Å². The van der Waals surface area contributed by atoms with Crippen LogP contribution in [0.2, 0.25) is 0 Å². The highest BCUT2D eigenvalue weighted by molar-refractivity contribution is 7.80. The molecule has 3 aromatic rings. The minimum atomic E-state index is -0.396. The van der Waals surface area contributed by atoms with Crippen LogP contribution < -0.4 is 14.8 Å². The summed E-state index contributed by atoms with van der Waals surface area (Å²) in [7, 11) is 4.80. The summed E-state index contributed by atoms with van der Waals surface area (Å²) in [5, 5.41) is 8.02. The molecule has 1 atom stereocenters. The van der Waals surface area contributed by atoms with Gasteiger partial charge in [-0.3, -0.25) is 0 Å². The van der Waals surface area contributed by atoms with Gasteiger partial charge in [0.15, 0.2) is 16.6 Å². The van der Waals surface area contributed by atoms with E-state index in [9.17, 15) is 4.39 Å². The third-order valence-corrected chi connectivity index (χ3v) is 5.93. The van der Waals surface area contributed by atoms with Gasteiger partial charge in [-0.2, -0.15) is 4.98 Å². The third kappa shape index (κ3) is 4.59. The van der Waals surface area contributed by atoms with Crippen molar-refractivity contribution in [2.75, 3.05) is 34.5 Å². The predicted molar refractivity (Wildman–Crippen MR) is 129 cm³/mol. The zero-order chi connectivity index (χ0) is 24.2. The van der Waals surface area contributed by atoms with Crippen molar-refractivity contribution in [2.45, 2.75) is 13.0 Å². The fraction of sp³-hybridized carbons (Fsp3) is 0.292. The Hall–Kier alpha value is -3.50. The molecule has 1 aromatic heterocycles. The molecule has 2 aromatic carbocycles. The summed E-state index contributed by atoms with van der Waals surface area (Å²) in [6.07, 6.45) is 0. The second kappa shape index (κ2) is 10.2. The third-order valence-electron chi connectivity index (χ3n) is 5.60. The number of allylic oxidation sites excluding steroid dienone is 1. The number of rotatable bonds is 8. The zero-order valence-corrected chi connectivity index (χ0v) is 20.1. The quantitative estimate of drug-likeness (QED) is 0.473. The molecule has 0 radical (unpaired) electrons.